The predicted molar refractivity (Wildman–Crippen MR) is 58.0 cm³/mol. The van der Waals surface area contributed by atoms with E-state index < -0.39 is 0 Å². The molecule has 0 amide bonds. The standard InChI is InChI=1S/C10H15BrN2/c1-8-9(13-5-4-12-8)6-10(2,3)7-11/h4-5H,6-7H2,1-3H3. The topological polar surface area (TPSA) is 25.8 Å². The molecule has 0 aliphatic rings. The van der Waals surface area contributed by atoms with Gasteiger partial charge in [-0.3, -0.25) is 9.97 Å². The first kappa shape index (κ1) is 10.6. The number of hydrogen-bond acceptors (Lipinski definition) is 2. The number of nitrogens with zero attached hydrogens (tertiary/aromatic N) is 2. The van der Waals surface area contributed by atoms with E-state index in [1.807, 2.05) is 6.92 Å². The van der Waals surface area contributed by atoms with Crippen molar-refractivity contribution in [2.75, 3.05) is 5.33 Å². The maximum absolute atomic E-state index is 4.33. The Balaban J connectivity index is 2.80. The molecule has 0 saturated carbocycles. The van der Waals surface area contributed by atoms with Crippen LogP contribution in [0.5, 0.6) is 0 Å². The highest BCUT2D eigenvalue weighted by molar-refractivity contribution is 9.09. The van der Waals surface area contributed by atoms with Crippen LogP contribution < -0.4 is 0 Å². The Morgan fingerprint density at radius 2 is 1.92 bits per heavy atom. The normalized spacial score (nSPS) is 11.7. The highest BCUT2D eigenvalue weighted by atomic mass is 79.9. The molecule has 1 heterocycles. The number of halogens is 1. The van der Waals surface area contributed by atoms with E-state index >= 15 is 0 Å². The molecule has 0 spiro atoms. The second-order valence-corrected chi connectivity index (χ2v) is 4.62. The van der Waals surface area contributed by atoms with Crippen LogP contribution >= 0.6 is 15.9 Å². The Hall–Kier alpha value is -0.440. The quantitative estimate of drug-likeness (QED) is 0.763. The Morgan fingerprint density at radius 3 is 2.46 bits per heavy atom. The molecule has 0 N–H and O–H groups in total. The van der Waals surface area contributed by atoms with E-state index in [0.29, 0.717) is 0 Å². The van der Waals surface area contributed by atoms with Crippen molar-refractivity contribution in [3.63, 3.8) is 0 Å². The molecule has 1 aromatic rings. The van der Waals surface area contributed by atoms with Crippen molar-refractivity contribution in [1.29, 1.82) is 0 Å². The lowest BCUT2D eigenvalue weighted by molar-refractivity contribution is 0.417. The van der Waals surface area contributed by atoms with Gasteiger partial charge >= 0.3 is 0 Å². The van der Waals surface area contributed by atoms with Gasteiger partial charge in [-0.05, 0) is 18.8 Å². The van der Waals surface area contributed by atoms with Gasteiger partial charge in [-0.25, -0.2) is 0 Å². The van der Waals surface area contributed by atoms with Crippen molar-refractivity contribution in [2.45, 2.75) is 27.2 Å². The maximum atomic E-state index is 4.33. The van der Waals surface area contributed by atoms with Gasteiger partial charge in [0.15, 0.2) is 0 Å². The fourth-order valence-corrected chi connectivity index (χ4v) is 1.31. The molecule has 0 unspecified atom stereocenters. The minimum Gasteiger partial charge on any atom is -0.258 e. The molecule has 0 fully saturated rings. The van der Waals surface area contributed by atoms with Gasteiger partial charge in [0.05, 0.1) is 11.4 Å². The summed E-state index contributed by atoms with van der Waals surface area (Å²) in [4.78, 5) is 8.55. The molecule has 1 rings (SSSR count). The molecule has 0 aromatic carbocycles. The van der Waals surface area contributed by atoms with Gasteiger partial charge in [0.25, 0.3) is 0 Å². The molecule has 13 heavy (non-hydrogen) atoms. The van der Waals surface area contributed by atoms with Crippen molar-refractivity contribution < 1.29 is 0 Å². The van der Waals surface area contributed by atoms with E-state index in [0.717, 1.165) is 23.1 Å². The Bertz CT molecular complexity index is 284. The van der Waals surface area contributed by atoms with Crippen LogP contribution in [-0.2, 0) is 6.42 Å². The van der Waals surface area contributed by atoms with E-state index in [-0.39, 0.29) is 5.41 Å². The average Bonchev–Trinajstić information content (AvgIpc) is 2.09. The van der Waals surface area contributed by atoms with Crippen LogP contribution in [0, 0.1) is 12.3 Å². The third kappa shape index (κ3) is 3.07. The molecule has 0 saturated heterocycles. The summed E-state index contributed by atoms with van der Waals surface area (Å²) in [5.74, 6) is 0. The second kappa shape index (κ2) is 4.18. The monoisotopic (exact) mass is 242 g/mol. The Labute approximate surface area is 87.9 Å². The lowest BCUT2D eigenvalue weighted by Crippen LogP contribution is -2.18. The van der Waals surface area contributed by atoms with Crippen molar-refractivity contribution in [2.24, 2.45) is 5.41 Å². The minimum absolute atomic E-state index is 0.251. The van der Waals surface area contributed by atoms with Crippen LogP contribution in [0.2, 0.25) is 0 Å². The summed E-state index contributed by atoms with van der Waals surface area (Å²) >= 11 is 3.50. The first-order valence-corrected chi connectivity index (χ1v) is 5.50. The maximum Gasteiger partial charge on any atom is 0.0621 e. The molecule has 2 nitrogen and oxygen atoms in total. The van der Waals surface area contributed by atoms with E-state index in [9.17, 15) is 0 Å². The molecule has 72 valence electrons. The lowest BCUT2D eigenvalue weighted by atomic mass is 9.90. The zero-order valence-corrected chi connectivity index (χ0v) is 9.93. The zero-order valence-electron chi connectivity index (χ0n) is 8.34. The van der Waals surface area contributed by atoms with Gasteiger partial charge in [0.2, 0.25) is 0 Å². The van der Waals surface area contributed by atoms with Gasteiger partial charge < -0.3 is 0 Å². The van der Waals surface area contributed by atoms with Crippen LogP contribution in [0.25, 0.3) is 0 Å². The fraction of sp³-hybridized carbons (Fsp3) is 0.600. The molecule has 0 aliphatic heterocycles. The smallest absolute Gasteiger partial charge is 0.0621 e. The van der Waals surface area contributed by atoms with Crippen LogP contribution in [0.15, 0.2) is 12.4 Å². The summed E-state index contributed by atoms with van der Waals surface area (Å²) in [5, 5.41) is 0.982. The zero-order chi connectivity index (χ0) is 9.90. The van der Waals surface area contributed by atoms with Gasteiger partial charge in [-0.1, -0.05) is 29.8 Å². The van der Waals surface area contributed by atoms with Crippen molar-refractivity contribution >= 4 is 15.9 Å². The number of aryl methyl sites for hydroxylation is 1. The first-order chi connectivity index (χ1) is 6.05. The SMILES string of the molecule is Cc1nccnc1CC(C)(C)CBr. The van der Waals surface area contributed by atoms with Crippen LogP contribution in [0.4, 0.5) is 0 Å². The predicted octanol–water partition coefficient (Wildman–Crippen LogP) is 2.75. The summed E-state index contributed by atoms with van der Waals surface area (Å²) < 4.78 is 0. The first-order valence-electron chi connectivity index (χ1n) is 4.37. The van der Waals surface area contributed by atoms with Crippen LogP contribution in [0.3, 0.4) is 0 Å². The number of alkyl halides is 1. The van der Waals surface area contributed by atoms with E-state index in [1.54, 1.807) is 12.4 Å². The fourth-order valence-electron chi connectivity index (χ4n) is 1.11. The van der Waals surface area contributed by atoms with E-state index in [2.05, 4.69) is 39.7 Å². The molecule has 0 aliphatic carbocycles. The van der Waals surface area contributed by atoms with Gasteiger partial charge in [0, 0.05) is 17.7 Å². The van der Waals surface area contributed by atoms with Crippen LogP contribution in [-0.4, -0.2) is 15.3 Å². The van der Waals surface area contributed by atoms with Crippen molar-refractivity contribution in [3.05, 3.63) is 23.8 Å². The molecule has 1 aromatic heterocycles. The summed E-state index contributed by atoms with van der Waals surface area (Å²) in [7, 11) is 0. The highest BCUT2D eigenvalue weighted by Crippen LogP contribution is 2.23. The Morgan fingerprint density at radius 1 is 1.31 bits per heavy atom. The van der Waals surface area contributed by atoms with E-state index in [4.69, 9.17) is 0 Å². The molecular weight excluding hydrogens is 228 g/mol. The summed E-state index contributed by atoms with van der Waals surface area (Å²) in [6, 6.07) is 0. The lowest BCUT2D eigenvalue weighted by Gasteiger charge is -2.21. The third-order valence-electron chi connectivity index (χ3n) is 1.99. The summed E-state index contributed by atoms with van der Waals surface area (Å²) in [5.41, 5.74) is 2.39. The number of aromatic nitrogens is 2. The Kier molecular flexibility index (Phi) is 3.42. The molecule has 0 bridgehead atoms. The number of rotatable bonds is 3. The largest absolute Gasteiger partial charge is 0.258 e. The number of hydrogen-bond donors (Lipinski definition) is 0. The highest BCUT2D eigenvalue weighted by Gasteiger charge is 2.18. The van der Waals surface area contributed by atoms with Crippen molar-refractivity contribution in [1.82, 2.24) is 9.97 Å². The van der Waals surface area contributed by atoms with Gasteiger partial charge in [-0.15, -0.1) is 0 Å². The second-order valence-electron chi connectivity index (χ2n) is 4.06. The average molecular weight is 243 g/mol. The summed E-state index contributed by atoms with van der Waals surface area (Å²) in [6.07, 6.45) is 4.46. The van der Waals surface area contributed by atoms with E-state index in [1.165, 1.54) is 0 Å². The van der Waals surface area contributed by atoms with Gasteiger partial charge in [0.1, 0.15) is 0 Å². The molecular formula is C10H15BrN2. The third-order valence-corrected chi connectivity index (χ3v) is 3.51. The molecule has 3 heteroatoms. The molecule has 0 radical (unpaired) electrons. The van der Waals surface area contributed by atoms with Gasteiger partial charge in [-0.2, -0.15) is 0 Å². The van der Waals surface area contributed by atoms with Crippen molar-refractivity contribution in [3.8, 4) is 0 Å². The molecule has 0 atom stereocenters. The summed E-state index contributed by atoms with van der Waals surface area (Å²) in [6.45, 7) is 6.44. The van der Waals surface area contributed by atoms with Crippen LogP contribution in [0.1, 0.15) is 25.2 Å². The minimum atomic E-state index is 0.251.